The van der Waals surface area contributed by atoms with E-state index in [1.165, 1.54) is 0 Å². The Balaban J connectivity index is 1.12. The number of amides is 2. The minimum absolute atomic E-state index is 0.0375. The number of rotatable bonds is 6. The maximum atomic E-state index is 13.9. The summed E-state index contributed by atoms with van der Waals surface area (Å²) < 4.78 is 19.5. The summed E-state index contributed by atoms with van der Waals surface area (Å²) in [6.07, 6.45) is 0.225. The van der Waals surface area contributed by atoms with Crippen LogP contribution in [0.4, 0.5) is 14.9 Å². The first-order valence-electron chi connectivity index (χ1n) is 11.4. The van der Waals surface area contributed by atoms with Crippen molar-refractivity contribution in [2.24, 2.45) is 5.92 Å². The van der Waals surface area contributed by atoms with Gasteiger partial charge in [0, 0.05) is 17.9 Å². The Kier molecular flexibility index (Phi) is 5.94. The topological polar surface area (TPSA) is 105 Å². The van der Waals surface area contributed by atoms with E-state index < -0.39 is 29.7 Å². The molecular weight excluding hydrogens is 451 g/mol. The van der Waals surface area contributed by atoms with Gasteiger partial charge in [-0.15, -0.1) is 0 Å². The lowest BCUT2D eigenvalue weighted by atomic mass is 9.79. The number of benzene rings is 3. The number of ether oxygens (including phenoxy) is 1. The second-order valence-electron chi connectivity index (χ2n) is 8.82. The summed E-state index contributed by atoms with van der Waals surface area (Å²) in [5.74, 6) is -2.80. The van der Waals surface area contributed by atoms with Gasteiger partial charge in [-0.05, 0) is 53.3 Å². The van der Waals surface area contributed by atoms with Gasteiger partial charge in [0.25, 0.3) is 0 Å². The Bertz CT molecular complexity index is 1270. The zero-order valence-corrected chi connectivity index (χ0v) is 18.7. The number of carbonyl (C=O) groups excluding carboxylic acids is 2. The number of carboxylic acids is 1. The van der Waals surface area contributed by atoms with Crippen LogP contribution in [0.25, 0.3) is 11.1 Å². The molecule has 0 radical (unpaired) electrons. The fourth-order valence-electron chi connectivity index (χ4n) is 4.75. The van der Waals surface area contributed by atoms with E-state index in [0.717, 1.165) is 40.5 Å². The van der Waals surface area contributed by atoms with Crippen molar-refractivity contribution in [3.8, 4) is 11.1 Å². The van der Waals surface area contributed by atoms with Crippen molar-refractivity contribution in [3.63, 3.8) is 0 Å². The lowest BCUT2D eigenvalue weighted by Gasteiger charge is -2.34. The maximum Gasteiger partial charge on any atom is 0.407 e. The lowest BCUT2D eigenvalue weighted by Crippen LogP contribution is -2.48. The fourth-order valence-corrected chi connectivity index (χ4v) is 4.75. The highest BCUT2D eigenvalue weighted by Crippen LogP contribution is 2.44. The molecule has 1 saturated carbocycles. The van der Waals surface area contributed by atoms with Crippen LogP contribution in [0, 0.1) is 11.7 Å². The molecule has 35 heavy (non-hydrogen) atoms. The Hall–Kier alpha value is -4.20. The van der Waals surface area contributed by atoms with Gasteiger partial charge in [0.1, 0.15) is 12.4 Å². The molecule has 3 aromatic rings. The van der Waals surface area contributed by atoms with Crippen LogP contribution in [0.3, 0.4) is 0 Å². The van der Waals surface area contributed by atoms with Crippen LogP contribution in [0.2, 0.25) is 0 Å². The summed E-state index contributed by atoms with van der Waals surface area (Å²) in [7, 11) is 0. The molecule has 8 heteroatoms. The van der Waals surface area contributed by atoms with Gasteiger partial charge in [0.2, 0.25) is 5.91 Å². The standard InChI is InChI=1S/C27H23FN2O5/c28-23-10-9-15(26(32)33)13-24(23)30-25(31)16-11-17(12-16)29-27(34)35-14-22-20-7-3-1-5-18(20)19-6-2-4-8-21(19)22/h1-10,13,16-17,22H,11-12,14H2,(H,29,34)(H,30,31)(H,32,33). The molecule has 0 atom stereocenters. The fraction of sp³-hybridized carbons (Fsp3) is 0.222. The van der Waals surface area contributed by atoms with Gasteiger partial charge in [-0.2, -0.15) is 0 Å². The number of fused-ring (bicyclic) bond motifs is 3. The number of aromatic carboxylic acids is 1. The molecule has 1 fully saturated rings. The zero-order chi connectivity index (χ0) is 24.5. The molecule has 0 aliphatic heterocycles. The van der Waals surface area contributed by atoms with E-state index in [2.05, 4.69) is 22.8 Å². The quantitative estimate of drug-likeness (QED) is 0.477. The third-order valence-corrected chi connectivity index (χ3v) is 6.65. The van der Waals surface area contributed by atoms with Gasteiger partial charge in [-0.25, -0.2) is 14.0 Å². The Morgan fingerprint density at radius 1 is 0.943 bits per heavy atom. The highest BCUT2D eigenvalue weighted by molar-refractivity contribution is 5.95. The van der Waals surface area contributed by atoms with E-state index in [4.69, 9.17) is 9.84 Å². The van der Waals surface area contributed by atoms with Crippen LogP contribution in [0.1, 0.15) is 40.2 Å². The summed E-state index contributed by atoms with van der Waals surface area (Å²) in [6, 6.07) is 19.1. The number of carbonyl (C=O) groups is 3. The van der Waals surface area contributed by atoms with Crippen LogP contribution in [0.15, 0.2) is 66.7 Å². The van der Waals surface area contributed by atoms with Crippen molar-refractivity contribution in [2.75, 3.05) is 11.9 Å². The molecule has 178 valence electrons. The van der Waals surface area contributed by atoms with Crippen LogP contribution in [0.5, 0.6) is 0 Å². The lowest BCUT2D eigenvalue weighted by molar-refractivity contribution is -0.122. The first-order chi connectivity index (χ1) is 16.9. The predicted octanol–water partition coefficient (Wildman–Crippen LogP) is 4.78. The van der Waals surface area contributed by atoms with Crippen molar-refractivity contribution in [2.45, 2.75) is 24.8 Å². The minimum atomic E-state index is -1.21. The summed E-state index contributed by atoms with van der Waals surface area (Å²) in [4.78, 5) is 35.9. The van der Waals surface area contributed by atoms with E-state index in [-0.39, 0.29) is 29.8 Å². The third-order valence-electron chi connectivity index (χ3n) is 6.65. The van der Waals surface area contributed by atoms with E-state index in [1.807, 2.05) is 36.4 Å². The summed E-state index contributed by atoms with van der Waals surface area (Å²) >= 11 is 0. The third kappa shape index (κ3) is 4.47. The molecule has 2 amide bonds. The van der Waals surface area contributed by atoms with Crippen molar-refractivity contribution in [1.29, 1.82) is 0 Å². The number of carboxylic acid groups (broad SMARTS) is 1. The first-order valence-corrected chi connectivity index (χ1v) is 11.4. The SMILES string of the molecule is O=C(NC1CC(C(=O)Nc2cc(C(=O)O)ccc2F)C1)OCC1c2ccccc2-c2ccccc21. The van der Waals surface area contributed by atoms with Crippen molar-refractivity contribution in [3.05, 3.63) is 89.2 Å². The average molecular weight is 474 g/mol. The molecule has 0 spiro atoms. The zero-order valence-electron chi connectivity index (χ0n) is 18.7. The number of nitrogens with one attached hydrogen (secondary N) is 2. The summed E-state index contributed by atoms with van der Waals surface area (Å²) in [5.41, 5.74) is 4.25. The van der Waals surface area contributed by atoms with Gasteiger partial charge in [-0.3, -0.25) is 4.79 Å². The molecule has 0 heterocycles. The maximum absolute atomic E-state index is 13.9. The monoisotopic (exact) mass is 474 g/mol. The second-order valence-corrected chi connectivity index (χ2v) is 8.82. The highest BCUT2D eigenvalue weighted by atomic mass is 19.1. The number of hydrogen-bond acceptors (Lipinski definition) is 4. The number of hydrogen-bond donors (Lipinski definition) is 3. The Morgan fingerprint density at radius 2 is 1.57 bits per heavy atom. The molecule has 7 nitrogen and oxygen atoms in total. The molecule has 3 N–H and O–H groups in total. The summed E-state index contributed by atoms with van der Waals surface area (Å²) in [6.45, 7) is 0.204. The molecule has 2 aliphatic rings. The molecule has 5 rings (SSSR count). The molecule has 0 saturated heterocycles. The molecule has 2 aliphatic carbocycles. The van der Waals surface area contributed by atoms with Gasteiger partial charge in [-0.1, -0.05) is 48.5 Å². The number of anilines is 1. The van der Waals surface area contributed by atoms with Crippen molar-refractivity contribution in [1.82, 2.24) is 5.32 Å². The summed E-state index contributed by atoms with van der Waals surface area (Å²) in [5, 5.41) is 14.3. The van der Waals surface area contributed by atoms with Gasteiger partial charge in [0.15, 0.2) is 0 Å². The molecule has 0 bridgehead atoms. The van der Waals surface area contributed by atoms with Crippen LogP contribution in [-0.4, -0.2) is 35.7 Å². The average Bonchev–Trinajstić information content (AvgIpc) is 3.14. The second kappa shape index (κ2) is 9.21. The van der Waals surface area contributed by atoms with E-state index in [0.29, 0.717) is 12.8 Å². The van der Waals surface area contributed by atoms with E-state index in [1.54, 1.807) is 0 Å². The Labute approximate surface area is 200 Å². The van der Waals surface area contributed by atoms with Crippen LogP contribution in [-0.2, 0) is 9.53 Å². The van der Waals surface area contributed by atoms with Crippen molar-refractivity contribution >= 4 is 23.7 Å². The first kappa shape index (κ1) is 22.6. The van der Waals surface area contributed by atoms with Crippen LogP contribution >= 0.6 is 0 Å². The number of halogens is 1. The largest absolute Gasteiger partial charge is 0.478 e. The van der Waals surface area contributed by atoms with Gasteiger partial charge in [0.05, 0.1) is 11.3 Å². The van der Waals surface area contributed by atoms with Crippen LogP contribution < -0.4 is 10.6 Å². The molecule has 0 aromatic heterocycles. The normalized spacial score (nSPS) is 18.1. The molecular formula is C27H23FN2O5. The number of alkyl carbamates (subject to hydrolysis) is 1. The van der Waals surface area contributed by atoms with Gasteiger partial charge < -0.3 is 20.5 Å². The van der Waals surface area contributed by atoms with Crippen molar-refractivity contribution < 1.29 is 28.6 Å². The Morgan fingerprint density at radius 3 is 2.20 bits per heavy atom. The van der Waals surface area contributed by atoms with Gasteiger partial charge >= 0.3 is 12.1 Å². The minimum Gasteiger partial charge on any atom is -0.478 e. The van der Waals surface area contributed by atoms with E-state index in [9.17, 15) is 18.8 Å². The smallest absolute Gasteiger partial charge is 0.407 e. The highest BCUT2D eigenvalue weighted by Gasteiger charge is 2.36. The van der Waals surface area contributed by atoms with E-state index >= 15 is 0 Å². The molecule has 3 aromatic carbocycles. The molecule has 0 unspecified atom stereocenters. The predicted molar refractivity (Wildman–Crippen MR) is 127 cm³/mol.